The molecule has 0 N–H and O–H groups in total. The first-order valence-electron chi connectivity index (χ1n) is 6.22. The summed E-state index contributed by atoms with van der Waals surface area (Å²) < 4.78 is 28.1. The van der Waals surface area contributed by atoms with Crippen LogP contribution in [-0.4, -0.2) is 31.6 Å². The molecule has 1 aliphatic rings. The molecule has 110 valence electrons. The van der Waals surface area contributed by atoms with E-state index in [2.05, 4.69) is 31.9 Å². The zero-order chi connectivity index (χ0) is 15.1. The molecule has 0 aromatic heterocycles. The van der Waals surface area contributed by atoms with Crippen molar-refractivity contribution >= 4 is 47.7 Å². The molecule has 0 spiro atoms. The molecule has 7 heteroatoms. The quantitative estimate of drug-likeness (QED) is 0.732. The molecule has 1 unspecified atom stereocenters. The van der Waals surface area contributed by atoms with Gasteiger partial charge in [0, 0.05) is 34.4 Å². The lowest BCUT2D eigenvalue weighted by Gasteiger charge is -2.29. The molecule has 4 nitrogen and oxygen atoms in total. The van der Waals surface area contributed by atoms with E-state index < -0.39 is 10.0 Å². The number of rotatable bonds is 2. The van der Waals surface area contributed by atoms with Gasteiger partial charge in [-0.2, -0.15) is 4.31 Å². The first-order chi connectivity index (χ1) is 9.23. The second-order valence-electron chi connectivity index (χ2n) is 5.01. The standard InChI is InChI=1S/C13H15Br2NO3S/c1-8-5-11(15)13(6-10(8)14)20(18,19)16-4-3-12(17)9(2)7-16/h5-6,9H,3-4,7H2,1-2H3. The maximum Gasteiger partial charge on any atom is 0.244 e. The smallest absolute Gasteiger partial charge is 0.244 e. The van der Waals surface area contributed by atoms with E-state index in [4.69, 9.17) is 0 Å². The Bertz CT molecular complexity index is 658. The maximum atomic E-state index is 12.7. The molecular weight excluding hydrogens is 410 g/mol. The maximum absolute atomic E-state index is 12.7. The molecule has 20 heavy (non-hydrogen) atoms. The van der Waals surface area contributed by atoms with Crippen LogP contribution in [0.15, 0.2) is 26.0 Å². The van der Waals surface area contributed by atoms with Crippen molar-refractivity contribution in [3.05, 3.63) is 26.6 Å². The predicted octanol–water partition coefficient (Wildman–Crippen LogP) is 3.12. The summed E-state index contributed by atoms with van der Waals surface area (Å²) in [5.74, 6) is -0.119. The highest BCUT2D eigenvalue weighted by Crippen LogP contribution is 2.32. The summed E-state index contributed by atoms with van der Waals surface area (Å²) >= 11 is 6.68. The molecule has 1 heterocycles. The van der Waals surface area contributed by atoms with Gasteiger partial charge >= 0.3 is 0 Å². The third-order valence-electron chi connectivity index (χ3n) is 3.47. The highest BCUT2D eigenvalue weighted by molar-refractivity contribution is 9.11. The summed E-state index contributed by atoms with van der Waals surface area (Å²) in [7, 11) is -3.58. The number of sulfonamides is 1. The van der Waals surface area contributed by atoms with E-state index in [9.17, 15) is 13.2 Å². The number of Topliss-reactive ketones (excluding diaryl/α,β-unsaturated/α-hetero) is 1. The van der Waals surface area contributed by atoms with Crippen molar-refractivity contribution in [3.8, 4) is 0 Å². The van der Waals surface area contributed by atoms with Crippen LogP contribution in [0.4, 0.5) is 0 Å². The van der Waals surface area contributed by atoms with Crippen molar-refractivity contribution in [1.82, 2.24) is 4.31 Å². The molecule has 1 atom stereocenters. The number of halogens is 2. The minimum atomic E-state index is -3.58. The zero-order valence-corrected chi connectivity index (χ0v) is 15.2. The van der Waals surface area contributed by atoms with Crippen LogP contribution in [0.1, 0.15) is 18.9 Å². The van der Waals surface area contributed by atoms with E-state index in [0.717, 1.165) is 10.0 Å². The molecule has 0 bridgehead atoms. The molecule has 0 radical (unpaired) electrons. The van der Waals surface area contributed by atoms with E-state index in [-0.39, 0.29) is 36.1 Å². The second-order valence-corrected chi connectivity index (χ2v) is 8.63. The largest absolute Gasteiger partial charge is 0.299 e. The molecule has 1 aliphatic heterocycles. The Morgan fingerprint density at radius 1 is 1.25 bits per heavy atom. The fraction of sp³-hybridized carbons (Fsp3) is 0.462. The van der Waals surface area contributed by atoms with Gasteiger partial charge in [0.2, 0.25) is 10.0 Å². The highest BCUT2D eigenvalue weighted by atomic mass is 79.9. The molecule has 2 rings (SSSR count). The van der Waals surface area contributed by atoms with Crippen molar-refractivity contribution in [2.24, 2.45) is 5.92 Å². The van der Waals surface area contributed by atoms with Gasteiger partial charge in [0.1, 0.15) is 5.78 Å². The predicted molar refractivity (Wildman–Crippen MR) is 84.1 cm³/mol. The van der Waals surface area contributed by atoms with E-state index in [1.165, 1.54) is 4.31 Å². The fourth-order valence-electron chi connectivity index (χ4n) is 2.16. The van der Waals surface area contributed by atoms with Gasteiger partial charge in [-0.05, 0) is 40.5 Å². The fourth-order valence-corrected chi connectivity index (χ4v) is 5.33. The van der Waals surface area contributed by atoms with E-state index in [0.29, 0.717) is 4.47 Å². The lowest BCUT2D eigenvalue weighted by atomic mass is 10.0. The Balaban J connectivity index is 2.41. The number of carbonyl (C=O) groups excluding carboxylic acids is 1. The lowest BCUT2D eigenvalue weighted by molar-refractivity contribution is -0.124. The second kappa shape index (κ2) is 5.87. The summed E-state index contributed by atoms with van der Waals surface area (Å²) in [4.78, 5) is 11.8. The van der Waals surface area contributed by atoms with Crippen LogP contribution in [0, 0.1) is 12.8 Å². The lowest BCUT2D eigenvalue weighted by Crippen LogP contribution is -2.43. The minimum absolute atomic E-state index is 0.126. The van der Waals surface area contributed by atoms with Crippen LogP contribution in [0.3, 0.4) is 0 Å². The monoisotopic (exact) mass is 423 g/mol. The van der Waals surface area contributed by atoms with Crippen molar-refractivity contribution in [2.75, 3.05) is 13.1 Å². The van der Waals surface area contributed by atoms with Gasteiger partial charge in [0.15, 0.2) is 0 Å². The van der Waals surface area contributed by atoms with E-state index >= 15 is 0 Å². The van der Waals surface area contributed by atoms with Crippen molar-refractivity contribution in [3.63, 3.8) is 0 Å². The SMILES string of the molecule is Cc1cc(Br)c(S(=O)(=O)N2CCC(=O)C(C)C2)cc1Br. The molecule has 1 fully saturated rings. The molecule has 1 saturated heterocycles. The first kappa shape index (κ1) is 16.1. The first-order valence-corrected chi connectivity index (χ1v) is 9.24. The van der Waals surface area contributed by atoms with Gasteiger partial charge < -0.3 is 0 Å². The van der Waals surface area contributed by atoms with Gasteiger partial charge in [0.05, 0.1) is 4.90 Å². The summed E-state index contributed by atoms with van der Waals surface area (Å²) in [6.45, 7) is 4.17. The minimum Gasteiger partial charge on any atom is -0.299 e. The number of benzene rings is 1. The van der Waals surface area contributed by atoms with Crippen LogP contribution in [0.2, 0.25) is 0 Å². The van der Waals surface area contributed by atoms with Crippen molar-refractivity contribution < 1.29 is 13.2 Å². The average Bonchev–Trinajstić information content (AvgIpc) is 2.36. The molecular formula is C13H15Br2NO3S. The molecule has 1 aromatic rings. The van der Waals surface area contributed by atoms with Crippen LogP contribution in [0.25, 0.3) is 0 Å². The van der Waals surface area contributed by atoms with Gasteiger partial charge in [-0.1, -0.05) is 22.9 Å². The average molecular weight is 425 g/mol. The van der Waals surface area contributed by atoms with E-state index in [1.54, 1.807) is 19.1 Å². The zero-order valence-electron chi connectivity index (χ0n) is 11.2. The molecule has 0 saturated carbocycles. The van der Waals surface area contributed by atoms with E-state index in [1.807, 2.05) is 6.92 Å². The van der Waals surface area contributed by atoms with Crippen LogP contribution < -0.4 is 0 Å². The number of aryl methyl sites for hydroxylation is 1. The van der Waals surface area contributed by atoms with Gasteiger partial charge in [-0.15, -0.1) is 0 Å². The Morgan fingerprint density at radius 2 is 1.90 bits per heavy atom. The molecule has 0 amide bonds. The molecule has 1 aromatic carbocycles. The summed E-state index contributed by atoms with van der Waals surface area (Å²) in [6, 6.07) is 3.38. The summed E-state index contributed by atoms with van der Waals surface area (Å²) in [6.07, 6.45) is 0.283. The highest BCUT2D eigenvalue weighted by Gasteiger charge is 2.33. The number of piperidine rings is 1. The van der Waals surface area contributed by atoms with Crippen molar-refractivity contribution in [1.29, 1.82) is 0 Å². The topological polar surface area (TPSA) is 54.5 Å². The number of hydrogen-bond acceptors (Lipinski definition) is 3. The van der Waals surface area contributed by atoms with Gasteiger partial charge in [-0.25, -0.2) is 8.42 Å². The van der Waals surface area contributed by atoms with Crippen LogP contribution in [-0.2, 0) is 14.8 Å². The Labute approximate surface area is 135 Å². The number of ketones is 1. The Hall–Kier alpha value is -0.240. The number of carbonyl (C=O) groups is 1. The summed E-state index contributed by atoms with van der Waals surface area (Å²) in [5.41, 5.74) is 0.956. The third kappa shape index (κ3) is 3.00. The summed E-state index contributed by atoms with van der Waals surface area (Å²) in [5, 5.41) is 0. The van der Waals surface area contributed by atoms with Gasteiger partial charge in [-0.3, -0.25) is 4.79 Å². The molecule has 0 aliphatic carbocycles. The normalized spacial score (nSPS) is 21.2. The van der Waals surface area contributed by atoms with Crippen LogP contribution in [0.5, 0.6) is 0 Å². The third-order valence-corrected chi connectivity index (χ3v) is 7.14. The number of nitrogens with zero attached hydrogens (tertiary/aromatic N) is 1. The van der Waals surface area contributed by atoms with Crippen molar-refractivity contribution in [2.45, 2.75) is 25.2 Å². The van der Waals surface area contributed by atoms with Crippen LogP contribution >= 0.6 is 31.9 Å². The Kier molecular flexibility index (Phi) is 4.73. The van der Waals surface area contributed by atoms with Gasteiger partial charge in [0.25, 0.3) is 0 Å². The number of hydrogen-bond donors (Lipinski definition) is 0. The Morgan fingerprint density at radius 3 is 2.50 bits per heavy atom.